The number of nitrogens with one attached hydrogen (secondary N) is 1. The molecule has 2 aromatic carbocycles. The van der Waals surface area contributed by atoms with Crippen molar-refractivity contribution in [2.45, 2.75) is 6.42 Å². The Hall–Kier alpha value is -2.64. The van der Waals surface area contributed by atoms with Crippen LogP contribution in [0.15, 0.2) is 42.5 Å². The zero-order valence-electron chi connectivity index (χ0n) is 16.0. The maximum atomic E-state index is 13.7. The highest BCUT2D eigenvalue weighted by atomic mass is 32.1. The fourth-order valence-electron chi connectivity index (χ4n) is 4.08. The molecule has 1 amide bonds. The average Bonchev–Trinajstić information content (AvgIpc) is 3.12. The topological polar surface area (TPSA) is 44.8 Å². The third-order valence-corrected chi connectivity index (χ3v) is 6.50. The van der Waals surface area contributed by atoms with E-state index in [1.807, 2.05) is 24.3 Å². The minimum Gasteiger partial charge on any atom is -0.482 e. The molecule has 1 N–H and O–H groups in total. The molecule has 0 saturated carbocycles. The molecule has 0 atom stereocenters. The molecule has 0 aliphatic carbocycles. The molecule has 7 heteroatoms. The molecule has 0 bridgehead atoms. The van der Waals surface area contributed by atoms with Crippen LogP contribution in [0.25, 0.3) is 10.1 Å². The molecular weight excluding hydrogens is 389 g/mol. The van der Waals surface area contributed by atoms with Gasteiger partial charge in [-0.1, -0.05) is 12.1 Å². The maximum Gasteiger partial charge on any atom is 0.262 e. The largest absolute Gasteiger partial charge is 0.482 e. The zero-order chi connectivity index (χ0) is 19.8. The summed E-state index contributed by atoms with van der Waals surface area (Å²) in [4.78, 5) is 16.3. The molecule has 0 radical (unpaired) electrons. The molecule has 0 spiro atoms. The number of hydrogen-bond acceptors (Lipinski definition) is 5. The molecule has 150 valence electrons. The van der Waals surface area contributed by atoms with Crippen molar-refractivity contribution in [2.75, 3.05) is 49.5 Å². The number of hydrogen-bond donors (Lipinski definition) is 1. The van der Waals surface area contributed by atoms with Crippen molar-refractivity contribution in [1.82, 2.24) is 4.90 Å². The highest BCUT2D eigenvalue weighted by Gasteiger charge is 2.20. The highest BCUT2D eigenvalue weighted by molar-refractivity contribution is 7.17. The molecule has 2 aliphatic heterocycles. The first-order chi connectivity index (χ1) is 14.2. The van der Waals surface area contributed by atoms with Crippen molar-refractivity contribution in [1.29, 1.82) is 0 Å². The molecular formula is C22H22FN3O2S. The van der Waals surface area contributed by atoms with Crippen LogP contribution in [0.4, 0.5) is 15.8 Å². The standard InChI is InChI=1S/C22H22FN3O2S/c23-21-13-16-18(2-1-3-20(16)29-21)26-10-8-25(9-11-26)7-6-15-4-5-19-17(12-15)24-22(27)14-28-19/h1-5,12-13H,6-11,14H2,(H,24,27). The average molecular weight is 412 g/mol. The number of amides is 1. The number of anilines is 2. The van der Waals surface area contributed by atoms with Crippen molar-refractivity contribution in [3.8, 4) is 5.75 Å². The Bertz CT molecular complexity index is 1060. The summed E-state index contributed by atoms with van der Waals surface area (Å²) in [5.74, 6) is 0.632. The van der Waals surface area contributed by atoms with Gasteiger partial charge in [0.05, 0.1) is 5.69 Å². The molecule has 1 aromatic heterocycles. The summed E-state index contributed by atoms with van der Waals surface area (Å²) in [6.07, 6.45) is 0.925. The third-order valence-electron chi connectivity index (χ3n) is 5.61. The Balaban J connectivity index is 1.19. The first-order valence-electron chi connectivity index (χ1n) is 9.87. The molecule has 5 nitrogen and oxygen atoms in total. The van der Waals surface area contributed by atoms with E-state index in [4.69, 9.17) is 4.74 Å². The summed E-state index contributed by atoms with van der Waals surface area (Å²) in [7, 11) is 0. The second kappa shape index (κ2) is 7.65. The Kier molecular flexibility index (Phi) is 4.85. The summed E-state index contributed by atoms with van der Waals surface area (Å²) in [5.41, 5.74) is 3.09. The highest BCUT2D eigenvalue weighted by Crippen LogP contribution is 2.33. The number of thiophene rings is 1. The van der Waals surface area contributed by atoms with E-state index in [0.29, 0.717) is 0 Å². The number of nitrogens with zero attached hydrogens (tertiary/aromatic N) is 2. The summed E-state index contributed by atoms with van der Waals surface area (Å²) < 4.78 is 20.1. The van der Waals surface area contributed by atoms with E-state index in [0.717, 1.165) is 66.4 Å². The van der Waals surface area contributed by atoms with E-state index in [1.54, 1.807) is 6.07 Å². The summed E-state index contributed by atoms with van der Waals surface area (Å²) in [6, 6.07) is 13.7. The minimum atomic E-state index is -0.127. The van der Waals surface area contributed by atoms with Gasteiger partial charge in [0.1, 0.15) is 5.75 Å². The maximum absolute atomic E-state index is 13.7. The summed E-state index contributed by atoms with van der Waals surface area (Å²) in [6.45, 7) is 4.89. The van der Waals surface area contributed by atoms with Gasteiger partial charge in [0.2, 0.25) is 0 Å². The van der Waals surface area contributed by atoms with E-state index < -0.39 is 0 Å². The van der Waals surface area contributed by atoms with Gasteiger partial charge < -0.3 is 15.0 Å². The molecule has 1 saturated heterocycles. The van der Waals surface area contributed by atoms with Gasteiger partial charge in [0.25, 0.3) is 5.91 Å². The fraction of sp³-hybridized carbons (Fsp3) is 0.318. The third kappa shape index (κ3) is 3.80. The lowest BCUT2D eigenvalue weighted by atomic mass is 10.1. The predicted octanol–water partition coefficient (Wildman–Crippen LogP) is 3.74. The number of carbonyl (C=O) groups excluding carboxylic acids is 1. The lowest BCUT2D eigenvalue weighted by Crippen LogP contribution is -2.47. The fourth-order valence-corrected chi connectivity index (χ4v) is 4.88. The second-order valence-electron chi connectivity index (χ2n) is 7.49. The van der Waals surface area contributed by atoms with Crippen molar-refractivity contribution < 1.29 is 13.9 Å². The lowest BCUT2D eigenvalue weighted by molar-refractivity contribution is -0.118. The van der Waals surface area contributed by atoms with Crippen molar-refractivity contribution in [2.24, 2.45) is 0 Å². The van der Waals surface area contributed by atoms with Gasteiger partial charge in [0.15, 0.2) is 11.7 Å². The van der Waals surface area contributed by atoms with Crippen LogP contribution in [0.3, 0.4) is 0 Å². The van der Waals surface area contributed by atoms with Crippen LogP contribution in [-0.2, 0) is 11.2 Å². The first kappa shape index (κ1) is 18.4. The van der Waals surface area contributed by atoms with E-state index >= 15 is 0 Å². The van der Waals surface area contributed by atoms with Gasteiger partial charge in [-0.15, -0.1) is 11.3 Å². The number of rotatable bonds is 4. The molecule has 2 aliphatic rings. The smallest absolute Gasteiger partial charge is 0.262 e. The molecule has 5 rings (SSSR count). The van der Waals surface area contributed by atoms with Crippen LogP contribution in [-0.4, -0.2) is 50.1 Å². The molecule has 3 heterocycles. The zero-order valence-corrected chi connectivity index (χ0v) is 16.8. The van der Waals surface area contributed by atoms with E-state index in [9.17, 15) is 9.18 Å². The van der Waals surface area contributed by atoms with Crippen LogP contribution < -0.4 is 15.0 Å². The number of piperazine rings is 1. The molecule has 0 unspecified atom stereocenters. The van der Waals surface area contributed by atoms with Crippen LogP contribution in [0.2, 0.25) is 0 Å². The number of carbonyl (C=O) groups is 1. The molecule has 1 fully saturated rings. The molecule has 29 heavy (non-hydrogen) atoms. The molecule has 3 aromatic rings. The van der Waals surface area contributed by atoms with Crippen molar-refractivity contribution in [3.05, 3.63) is 53.2 Å². The van der Waals surface area contributed by atoms with E-state index in [2.05, 4.69) is 27.2 Å². The van der Waals surface area contributed by atoms with Gasteiger partial charge in [-0.05, 0) is 42.3 Å². The van der Waals surface area contributed by atoms with E-state index in [-0.39, 0.29) is 17.6 Å². The number of ether oxygens (including phenoxy) is 1. The van der Waals surface area contributed by atoms with Gasteiger partial charge in [-0.25, -0.2) is 0 Å². The Morgan fingerprint density at radius 2 is 1.97 bits per heavy atom. The number of benzene rings is 2. The quantitative estimate of drug-likeness (QED) is 0.711. The number of fused-ring (bicyclic) bond motifs is 2. The van der Waals surface area contributed by atoms with E-state index in [1.165, 1.54) is 16.9 Å². The van der Waals surface area contributed by atoms with Gasteiger partial charge in [-0.2, -0.15) is 4.39 Å². The summed E-state index contributed by atoms with van der Waals surface area (Å²) >= 11 is 1.21. The van der Waals surface area contributed by atoms with Gasteiger partial charge in [-0.3, -0.25) is 9.69 Å². The Morgan fingerprint density at radius 1 is 1.10 bits per heavy atom. The normalized spacial score (nSPS) is 17.1. The second-order valence-corrected chi connectivity index (χ2v) is 8.52. The van der Waals surface area contributed by atoms with Crippen LogP contribution in [0, 0.1) is 5.13 Å². The minimum absolute atomic E-state index is 0.0857. The number of halogens is 1. The Morgan fingerprint density at radius 3 is 2.83 bits per heavy atom. The van der Waals surface area contributed by atoms with Crippen LogP contribution in [0.5, 0.6) is 5.75 Å². The van der Waals surface area contributed by atoms with Gasteiger partial charge >= 0.3 is 0 Å². The van der Waals surface area contributed by atoms with Crippen LogP contribution >= 0.6 is 11.3 Å². The van der Waals surface area contributed by atoms with Gasteiger partial charge in [0, 0.05) is 48.5 Å². The van der Waals surface area contributed by atoms with Crippen molar-refractivity contribution in [3.63, 3.8) is 0 Å². The Labute approximate surface area is 172 Å². The SMILES string of the molecule is O=C1COc2ccc(CCN3CCN(c4cccc5sc(F)cc45)CC3)cc2N1. The van der Waals surface area contributed by atoms with Crippen LogP contribution in [0.1, 0.15) is 5.56 Å². The predicted molar refractivity (Wildman–Crippen MR) is 115 cm³/mol. The lowest BCUT2D eigenvalue weighted by Gasteiger charge is -2.36. The first-order valence-corrected chi connectivity index (χ1v) is 10.7. The summed E-state index contributed by atoms with van der Waals surface area (Å²) in [5, 5.41) is 3.76. The monoisotopic (exact) mass is 411 g/mol. The van der Waals surface area contributed by atoms with Crippen molar-refractivity contribution >= 4 is 38.7 Å².